The minimum absolute atomic E-state index is 0.736. The lowest BCUT2D eigenvalue weighted by Crippen LogP contribution is -2.11. The van der Waals surface area contributed by atoms with E-state index in [1.807, 2.05) is 50.7 Å². The fraction of sp³-hybridized carbons (Fsp3) is 0.400. The van der Waals surface area contributed by atoms with Gasteiger partial charge in [-0.3, -0.25) is 4.99 Å². The van der Waals surface area contributed by atoms with Crippen molar-refractivity contribution in [1.29, 1.82) is 0 Å². The van der Waals surface area contributed by atoms with Crippen molar-refractivity contribution in [2.45, 2.75) is 13.3 Å². The molecule has 0 heterocycles. The third-order valence-corrected chi connectivity index (χ3v) is 2.49. The monoisotopic (exact) mass is 261 g/mol. The number of aliphatic imine (C=N–C) groups is 1. The van der Waals surface area contributed by atoms with E-state index in [2.05, 4.69) is 15.6 Å². The number of benzene rings is 1. The van der Waals surface area contributed by atoms with Gasteiger partial charge in [-0.25, -0.2) is 0 Å². The van der Waals surface area contributed by atoms with Crippen molar-refractivity contribution >= 4 is 11.9 Å². The van der Waals surface area contributed by atoms with Crippen LogP contribution in [-0.2, 0) is 0 Å². The van der Waals surface area contributed by atoms with Gasteiger partial charge in [-0.15, -0.1) is 0 Å². The van der Waals surface area contributed by atoms with Crippen LogP contribution in [-0.4, -0.2) is 33.5 Å². The number of anilines is 1. The molecule has 104 valence electrons. The second-order valence-electron chi connectivity index (χ2n) is 4.25. The molecule has 0 saturated heterocycles. The largest absolute Gasteiger partial charge is 0.494 e. The van der Waals surface area contributed by atoms with Crippen LogP contribution in [0.1, 0.15) is 13.3 Å². The summed E-state index contributed by atoms with van der Waals surface area (Å²) >= 11 is 0. The molecule has 0 aliphatic heterocycles. The second kappa shape index (κ2) is 9.16. The van der Waals surface area contributed by atoms with Crippen LogP contribution >= 0.6 is 0 Å². The third-order valence-electron chi connectivity index (χ3n) is 2.49. The molecule has 2 N–H and O–H groups in total. The molecule has 0 saturated carbocycles. The van der Waals surface area contributed by atoms with Crippen LogP contribution in [0.15, 0.2) is 41.0 Å². The summed E-state index contributed by atoms with van der Waals surface area (Å²) in [5.74, 6) is 0.900. The average Bonchev–Trinajstić information content (AvgIpc) is 2.43. The summed E-state index contributed by atoms with van der Waals surface area (Å²) in [5.41, 5.74) is 2.11. The molecule has 4 nitrogen and oxygen atoms in total. The number of rotatable bonds is 8. The van der Waals surface area contributed by atoms with E-state index in [4.69, 9.17) is 4.74 Å². The topological polar surface area (TPSA) is 45.7 Å². The first-order valence-corrected chi connectivity index (χ1v) is 6.49. The minimum atomic E-state index is 0.736. The van der Waals surface area contributed by atoms with E-state index in [1.165, 1.54) is 0 Å². The Morgan fingerprint density at radius 1 is 1.32 bits per heavy atom. The van der Waals surface area contributed by atoms with E-state index >= 15 is 0 Å². The third kappa shape index (κ3) is 6.62. The van der Waals surface area contributed by atoms with E-state index in [-0.39, 0.29) is 0 Å². The molecule has 0 aromatic heterocycles. The first kappa shape index (κ1) is 15.2. The Hall–Kier alpha value is -1.81. The molecule has 0 bridgehead atoms. The maximum Gasteiger partial charge on any atom is 0.119 e. The molecule has 1 aromatic carbocycles. The number of nitrogens with zero attached hydrogens (tertiary/aromatic N) is 1. The molecular weight excluding hydrogens is 238 g/mol. The first-order valence-electron chi connectivity index (χ1n) is 6.49. The average molecular weight is 261 g/mol. The summed E-state index contributed by atoms with van der Waals surface area (Å²) in [4.78, 5) is 3.95. The van der Waals surface area contributed by atoms with Gasteiger partial charge in [0.05, 0.1) is 6.61 Å². The molecule has 1 aromatic rings. The smallest absolute Gasteiger partial charge is 0.119 e. The Morgan fingerprint density at radius 3 is 2.68 bits per heavy atom. The van der Waals surface area contributed by atoms with Gasteiger partial charge in [0.2, 0.25) is 0 Å². The molecule has 0 fully saturated rings. The normalized spacial score (nSPS) is 11.8. The molecule has 0 unspecified atom stereocenters. The lowest BCUT2D eigenvalue weighted by Gasteiger charge is -2.07. The van der Waals surface area contributed by atoms with Gasteiger partial charge in [-0.2, -0.15) is 0 Å². The van der Waals surface area contributed by atoms with Gasteiger partial charge in [0.1, 0.15) is 5.75 Å². The van der Waals surface area contributed by atoms with Crippen molar-refractivity contribution < 1.29 is 4.74 Å². The zero-order valence-corrected chi connectivity index (χ0v) is 11.9. The first-order chi connectivity index (χ1) is 9.26. The summed E-state index contributed by atoms with van der Waals surface area (Å²) in [6.45, 7) is 3.71. The van der Waals surface area contributed by atoms with E-state index < -0.39 is 0 Å². The van der Waals surface area contributed by atoms with Gasteiger partial charge in [0.15, 0.2) is 0 Å². The number of hydrogen-bond donors (Lipinski definition) is 2. The predicted molar refractivity (Wildman–Crippen MR) is 82.3 cm³/mol. The molecule has 4 heteroatoms. The standard InChI is InChI=1S/C15H23N3O/c1-13(11-17-3)12-18-14-5-7-15(8-6-14)19-10-4-9-16-2/h5-8,11-12,16,18H,4,9-10H2,1-3H3/b13-12-,17-11?. The summed E-state index contributed by atoms with van der Waals surface area (Å²) in [6, 6.07) is 7.94. The Labute approximate surface area is 115 Å². The number of nitrogens with one attached hydrogen (secondary N) is 2. The molecule has 1 rings (SSSR count). The quantitative estimate of drug-likeness (QED) is 0.558. The summed E-state index contributed by atoms with van der Waals surface area (Å²) in [5, 5.41) is 6.31. The van der Waals surface area contributed by atoms with Crippen LogP contribution in [0.3, 0.4) is 0 Å². The predicted octanol–water partition coefficient (Wildman–Crippen LogP) is 2.69. The van der Waals surface area contributed by atoms with Crippen LogP contribution in [0.4, 0.5) is 5.69 Å². The minimum Gasteiger partial charge on any atom is -0.494 e. The van der Waals surface area contributed by atoms with Crippen LogP contribution in [0, 0.1) is 0 Å². The van der Waals surface area contributed by atoms with E-state index in [1.54, 1.807) is 7.05 Å². The molecule has 0 aliphatic carbocycles. The van der Waals surface area contributed by atoms with E-state index in [0.717, 1.165) is 36.6 Å². The SMILES string of the molecule is CN=C/C(C)=C\Nc1ccc(OCCCNC)cc1. The van der Waals surface area contributed by atoms with Crippen LogP contribution in [0.25, 0.3) is 0 Å². The lowest BCUT2D eigenvalue weighted by atomic mass is 10.3. The van der Waals surface area contributed by atoms with Gasteiger partial charge in [0.25, 0.3) is 0 Å². The summed E-state index contributed by atoms with van der Waals surface area (Å²) in [7, 11) is 3.71. The molecule has 0 spiro atoms. The summed E-state index contributed by atoms with van der Waals surface area (Å²) < 4.78 is 5.62. The maximum absolute atomic E-state index is 5.62. The zero-order chi connectivity index (χ0) is 13.9. The number of allylic oxidation sites excluding steroid dienone is 1. The molecular formula is C15H23N3O. The van der Waals surface area contributed by atoms with Gasteiger partial charge in [-0.1, -0.05) is 0 Å². The number of ether oxygens (including phenoxy) is 1. The van der Waals surface area contributed by atoms with Crippen molar-refractivity contribution in [3.05, 3.63) is 36.0 Å². The van der Waals surface area contributed by atoms with Crippen molar-refractivity contribution in [1.82, 2.24) is 5.32 Å². The van der Waals surface area contributed by atoms with Crippen molar-refractivity contribution in [2.75, 3.05) is 32.6 Å². The Balaban J connectivity index is 2.41. The zero-order valence-electron chi connectivity index (χ0n) is 11.9. The highest BCUT2D eigenvalue weighted by Crippen LogP contribution is 2.16. The fourth-order valence-electron chi connectivity index (χ4n) is 1.52. The van der Waals surface area contributed by atoms with Crippen LogP contribution in [0.2, 0.25) is 0 Å². The molecule has 0 aliphatic rings. The highest BCUT2D eigenvalue weighted by Gasteiger charge is 1.94. The fourth-order valence-corrected chi connectivity index (χ4v) is 1.52. The van der Waals surface area contributed by atoms with E-state index in [0.29, 0.717) is 0 Å². The lowest BCUT2D eigenvalue weighted by molar-refractivity contribution is 0.310. The maximum atomic E-state index is 5.62. The van der Waals surface area contributed by atoms with Gasteiger partial charge in [-0.05, 0) is 56.8 Å². The summed E-state index contributed by atoms with van der Waals surface area (Å²) in [6.07, 6.45) is 4.75. The van der Waals surface area contributed by atoms with Crippen LogP contribution in [0.5, 0.6) is 5.75 Å². The Kier molecular flexibility index (Phi) is 7.35. The van der Waals surface area contributed by atoms with Gasteiger partial charge >= 0.3 is 0 Å². The Morgan fingerprint density at radius 2 is 2.05 bits per heavy atom. The van der Waals surface area contributed by atoms with Gasteiger partial charge in [0, 0.05) is 25.1 Å². The highest BCUT2D eigenvalue weighted by atomic mass is 16.5. The van der Waals surface area contributed by atoms with Crippen molar-refractivity contribution in [2.24, 2.45) is 4.99 Å². The van der Waals surface area contributed by atoms with Gasteiger partial charge < -0.3 is 15.4 Å². The molecule has 0 radical (unpaired) electrons. The van der Waals surface area contributed by atoms with Crippen molar-refractivity contribution in [3.63, 3.8) is 0 Å². The molecule has 19 heavy (non-hydrogen) atoms. The molecule has 0 amide bonds. The van der Waals surface area contributed by atoms with Crippen molar-refractivity contribution in [3.8, 4) is 5.75 Å². The van der Waals surface area contributed by atoms with Crippen LogP contribution < -0.4 is 15.4 Å². The van der Waals surface area contributed by atoms with E-state index in [9.17, 15) is 0 Å². The Bertz CT molecular complexity index is 410. The number of hydrogen-bond acceptors (Lipinski definition) is 4. The second-order valence-corrected chi connectivity index (χ2v) is 4.25. The molecule has 0 atom stereocenters. The highest BCUT2D eigenvalue weighted by molar-refractivity contribution is 5.78.